The Kier molecular flexibility index (Phi) is 4.80. The van der Waals surface area contributed by atoms with Crippen LogP contribution in [0.4, 0.5) is 5.69 Å². The summed E-state index contributed by atoms with van der Waals surface area (Å²) < 4.78 is 0. The molecule has 0 atom stereocenters. The van der Waals surface area contributed by atoms with Gasteiger partial charge in [0.1, 0.15) is 0 Å². The number of aryl methyl sites for hydroxylation is 2. The van der Waals surface area contributed by atoms with Crippen LogP contribution in [-0.2, 0) is 11.2 Å². The fourth-order valence-corrected chi connectivity index (χ4v) is 4.19. The summed E-state index contributed by atoms with van der Waals surface area (Å²) in [6.45, 7) is 3.91. The second-order valence-electron chi connectivity index (χ2n) is 5.17. The van der Waals surface area contributed by atoms with Crippen LogP contribution in [0.2, 0.25) is 5.02 Å². The van der Waals surface area contributed by atoms with E-state index in [4.69, 9.17) is 11.6 Å². The Bertz CT molecular complexity index is 840. The number of benzene rings is 1. The molecule has 1 amide bonds. The monoisotopic (exact) mass is 362 g/mol. The summed E-state index contributed by atoms with van der Waals surface area (Å²) in [6, 6.07) is 9.50. The highest BCUT2D eigenvalue weighted by Crippen LogP contribution is 2.32. The molecule has 23 heavy (non-hydrogen) atoms. The van der Waals surface area contributed by atoms with E-state index in [1.807, 2.05) is 43.5 Å². The van der Waals surface area contributed by atoms with Crippen LogP contribution < -0.4 is 5.32 Å². The van der Waals surface area contributed by atoms with Gasteiger partial charge in [-0.15, -0.1) is 22.7 Å². The third-order valence-corrected chi connectivity index (χ3v) is 5.44. The molecule has 0 aliphatic heterocycles. The Morgan fingerprint density at radius 1 is 1.30 bits per heavy atom. The molecule has 0 aliphatic carbocycles. The summed E-state index contributed by atoms with van der Waals surface area (Å²) in [6.07, 6.45) is 0.310. The van der Waals surface area contributed by atoms with Gasteiger partial charge < -0.3 is 5.32 Å². The van der Waals surface area contributed by atoms with Gasteiger partial charge in [-0.25, -0.2) is 4.98 Å². The molecule has 0 saturated heterocycles. The number of amides is 1. The summed E-state index contributed by atoms with van der Waals surface area (Å²) >= 11 is 9.20. The van der Waals surface area contributed by atoms with Gasteiger partial charge in [0.2, 0.25) is 5.91 Å². The molecule has 2 aromatic heterocycles. The number of carbonyl (C=O) groups excluding carboxylic acids is 1. The normalized spacial score (nSPS) is 10.7. The highest BCUT2D eigenvalue weighted by molar-refractivity contribution is 7.15. The lowest BCUT2D eigenvalue weighted by Crippen LogP contribution is -2.15. The van der Waals surface area contributed by atoms with Crippen molar-refractivity contribution in [3.8, 4) is 10.6 Å². The maximum absolute atomic E-state index is 12.4. The van der Waals surface area contributed by atoms with Crippen molar-refractivity contribution in [2.75, 3.05) is 5.32 Å². The first kappa shape index (κ1) is 16.2. The summed E-state index contributed by atoms with van der Waals surface area (Å²) in [5, 5.41) is 6.53. The molecule has 0 saturated carbocycles. The Morgan fingerprint density at radius 2 is 2.13 bits per heavy atom. The van der Waals surface area contributed by atoms with Gasteiger partial charge in [0.15, 0.2) is 0 Å². The van der Waals surface area contributed by atoms with E-state index >= 15 is 0 Å². The molecule has 0 spiro atoms. The Hall–Kier alpha value is -1.69. The zero-order valence-corrected chi connectivity index (χ0v) is 15.1. The molecule has 2 heterocycles. The molecule has 118 valence electrons. The smallest absolute Gasteiger partial charge is 0.229 e. The Balaban J connectivity index is 1.80. The first-order chi connectivity index (χ1) is 11.0. The number of aromatic nitrogens is 1. The molecule has 3 aromatic rings. The number of hydrogen-bond donors (Lipinski definition) is 1. The van der Waals surface area contributed by atoms with Crippen LogP contribution in [0.1, 0.15) is 15.4 Å². The molecular weight excluding hydrogens is 348 g/mol. The molecule has 1 aromatic carbocycles. The highest BCUT2D eigenvalue weighted by Gasteiger charge is 2.16. The van der Waals surface area contributed by atoms with E-state index < -0.39 is 0 Å². The highest BCUT2D eigenvalue weighted by atomic mass is 35.5. The third-order valence-electron chi connectivity index (χ3n) is 3.35. The van der Waals surface area contributed by atoms with Crippen LogP contribution in [0.3, 0.4) is 0 Å². The average molecular weight is 363 g/mol. The number of carbonyl (C=O) groups is 1. The molecule has 0 fully saturated rings. The zero-order valence-electron chi connectivity index (χ0n) is 12.7. The van der Waals surface area contributed by atoms with Gasteiger partial charge in [0.25, 0.3) is 0 Å². The number of thiazole rings is 1. The van der Waals surface area contributed by atoms with Crippen molar-refractivity contribution < 1.29 is 4.79 Å². The molecule has 0 aliphatic rings. The fraction of sp³-hybridized carbons (Fsp3) is 0.176. The van der Waals surface area contributed by atoms with Gasteiger partial charge in [-0.2, -0.15) is 0 Å². The average Bonchev–Trinajstić information content (AvgIpc) is 3.12. The van der Waals surface area contributed by atoms with E-state index in [2.05, 4.69) is 10.3 Å². The van der Waals surface area contributed by atoms with E-state index in [0.29, 0.717) is 11.4 Å². The Morgan fingerprint density at radius 3 is 2.87 bits per heavy atom. The largest absolute Gasteiger partial charge is 0.325 e. The first-order valence-corrected chi connectivity index (χ1v) is 9.16. The summed E-state index contributed by atoms with van der Waals surface area (Å²) in [7, 11) is 0. The summed E-state index contributed by atoms with van der Waals surface area (Å²) in [5.74, 6) is -0.0585. The third kappa shape index (κ3) is 3.80. The van der Waals surface area contributed by atoms with E-state index in [1.165, 1.54) is 0 Å². The molecular formula is C17H15ClN2OS2. The van der Waals surface area contributed by atoms with Gasteiger partial charge in [0, 0.05) is 15.6 Å². The fourth-order valence-electron chi connectivity index (χ4n) is 2.26. The van der Waals surface area contributed by atoms with Crippen LogP contribution >= 0.6 is 34.3 Å². The number of anilines is 1. The van der Waals surface area contributed by atoms with Crippen LogP contribution in [0.15, 0.2) is 35.7 Å². The van der Waals surface area contributed by atoms with Gasteiger partial charge >= 0.3 is 0 Å². The van der Waals surface area contributed by atoms with Crippen molar-refractivity contribution in [1.29, 1.82) is 0 Å². The van der Waals surface area contributed by atoms with Crippen LogP contribution in [0.25, 0.3) is 10.6 Å². The van der Waals surface area contributed by atoms with Gasteiger partial charge in [0.05, 0.1) is 22.0 Å². The number of rotatable bonds is 4. The summed E-state index contributed by atoms with van der Waals surface area (Å²) in [5.41, 5.74) is 2.66. The minimum Gasteiger partial charge on any atom is -0.325 e. The molecule has 0 unspecified atom stereocenters. The maximum atomic E-state index is 12.4. The number of halogens is 1. The number of thiophene rings is 1. The van der Waals surface area contributed by atoms with Gasteiger partial charge in [-0.3, -0.25) is 4.79 Å². The number of hydrogen-bond acceptors (Lipinski definition) is 4. The zero-order chi connectivity index (χ0) is 16.4. The van der Waals surface area contributed by atoms with Crippen LogP contribution in [0.5, 0.6) is 0 Å². The quantitative estimate of drug-likeness (QED) is 0.682. The molecule has 3 nitrogen and oxygen atoms in total. The van der Waals surface area contributed by atoms with Gasteiger partial charge in [-0.1, -0.05) is 23.7 Å². The van der Waals surface area contributed by atoms with Crippen molar-refractivity contribution in [3.63, 3.8) is 0 Å². The number of nitrogens with one attached hydrogen (secondary N) is 1. The lowest BCUT2D eigenvalue weighted by Gasteiger charge is -2.08. The van der Waals surface area contributed by atoms with E-state index in [1.54, 1.807) is 28.7 Å². The minimum atomic E-state index is -0.0585. The standard InChI is InChI=1S/C17H15ClN2OS2/c1-10-5-6-12(18)8-13(10)20-16(21)9-15-17(19-11(2)23-15)14-4-3-7-22-14/h3-8H,9H2,1-2H3,(H,20,21). The first-order valence-electron chi connectivity index (χ1n) is 7.09. The molecule has 1 N–H and O–H groups in total. The lowest BCUT2D eigenvalue weighted by molar-refractivity contribution is -0.115. The second kappa shape index (κ2) is 6.83. The maximum Gasteiger partial charge on any atom is 0.229 e. The predicted octanol–water partition coefficient (Wildman–Crippen LogP) is 5.32. The second-order valence-corrected chi connectivity index (χ2v) is 7.84. The van der Waals surface area contributed by atoms with Crippen molar-refractivity contribution in [1.82, 2.24) is 4.98 Å². The van der Waals surface area contributed by atoms with E-state index in [0.717, 1.165) is 31.7 Å². The lowest BCUT2D eigenvalue weighted by atomic mass is 10.2. The SMILES string of the molecule is Cc1nc(-c2cccs2)c(CC(=O)Nc2cc(Cl)ccc2C)s1. The van der Waals surface area contributed by atoms with Crippen molar-refractivity contribution >= 4 is 45.9 Å². The molecule has 0 bridgehead atoms. The van der Waals surface area contributed by atoms with Crippen LogP contribution in [0, 0.1) is 13.8 Å². The molecule has 0 radical (unpaired) electrons. The predicted molar refractivity (Wildman–Crippen MR) is 98.7 cm³/mol. The van der Waals surface area contributed by atoms with E-state index in [9.17, 15) is 4.79 Å². The van der Waals surface area contributed by atoms with Crippen molar-refractivity contribution in [3.05, 3.63) is 56.2 Å². The van der Waals surface area contributed by atoms with E-state index in [-0.39, 0.29) is 5.91 Å². The topological polar surface area (TPSA) is 42.0 Å². The van der Waals surface area contributed by atoms with Crippen molar-refractivity contribution in [2.45, 2.75) is 20.3 Å². The molecule has 3 rings (SSSR count). The summed E-state index contributed by atoms with van der Waals surface area (Å²) in [4.78, 5) is 19.1. The number of nitrogens with zero attached hydrogens (tertiary/aromatic N) is 1. The minimum absolute atomic E-state index is 0.0585. The van der Waals surface area contributed by atoms with Crippen LogP contribution in [-0.4, -0.2) is 10.9 Å². The van der Waals surface area contributed by atoms with Gasteiger partial charge in [-0.05, 0) is 43.0 Å². The molecule has 6 heteroatoms. The Labute approximate surface area is 148 Å². The van der Waals surface area contributed by atoms with Crippen molar-refractivity contribution in [2.24, 2.45) is 0 Å².